The molecule has 0 aromatic heterocycles. The minimum absolute atomic E-state index is 0.205. The summed E-state index contributed by atoms with van der Waals surface area (Å²) in [6.45, 7) is 8.40. The molecule has 0 spiro atoms. The maximum Gasteiger partial charge on any atom is 0.0783 e. The van der Waals surface area contributed by atoms with Crippen LogP contribution in [0.2, 0.25) is 0 Å². The van der Waals surface area contributed by atoms with E-state index in [0.29, 0.717) is 11.3 Å². The lowest BCUT2D eigenvalue weighted by Crippen LogP contribution is -2.18. The molecule has 0 heterocycles. The molecule has 0 amide bonds. The van der Waals surface area contributed by atoms with Crippen LogP contribution in [0, 0.1) is 17.3 Å². The van der Waals surface area contributed by atoms with Crippen molar-refractivity contribution in [1.29, 1.82) is 0 Å². The second-order valence-corrected chi connectivity index (χ2v) is 4.60. The quantitative estimate of drug-likeness (QED) is 0.526. The first-order chi connectivity index (χ1) is 5.05. The molecule has 3 unspecified atom stereocenters. The van der Waals surface area contributed by atoms with Crippen LogP contribution < -0.4 is 0 Å². The molecule has 0 bridgehead atoms. The number of fused-ring (bicyclic) bond motifs is 1. The van der Waals surface area contributed by atoms with Crippen molar-refractivity contribution in [3.63, 3.8) is 0 Å². The largest absolute Gasteiger partial charge is 0.388 e. The molecule has 2 rings (SSSR count). The molecule has 0 aromatic rings. The van der Waals surface area contributed by atoms with Crippen LogP contribution in [0.4, 0.5) is 0 Å². The average Bonchev–Trinajstić information content (AvgIpc) is 2.46. The van der Waals surface area contributed by atoms with Crippen molar-refractivity contribution < 1.29 is 5.11 Å². The second-order valence-electron chi connectivity index (χ2n) is 4.60. The molecule has 0 aromatic carbocycles. The van der Waals surface area contributed by atoms with Gasteiger partial charge >= 0.3 is 0 Å². The zero-order valence-corrected chi connectivity index (χ0v) is 7.30. The highest BCUT2D eigenvalue weighted by Gasteiger charge is 2.62. The van der Waals surface area contributed by atoms with E-state index in [0.717, 1.165) is 17.9 Å². The highest BCUT2D eigenvalue weighted by molar-refractivity contribution is 5.21. The fraction of sp³-hybridized carbons (Fsp3) is 0.800. The Bertz CT molecular complexity index is 205. The third-order valence-electron chi connectivity index (χ3n) is 3.67. The van der Waals surface area contributed by atoms with E-state index < -0.39 is 0 Å². The van der Waals surface area contributed by atoms with Gasteiger partial charge < -0.3 is 5.11 Å². The molecule has 3 atom stereocenters. The molecule has 1 N–H and O–H groups in total. The average molecular weight is 152 g/mol. The summed E-state index contributed by atoms with van der Waals surface area (Å²) in [6, 6.07) is 0. The summed E-state index contributed by atoms with van der Waals surface area (Å²) >= 11 is 0. The molecular formula is C10H16O. The normalized spacial score (nSPS) is 46.8. The van der Waals surface area contributed by atoms with Crippen LogP contribution in [0.3, 0.4) is 0 Å². The first kappa shape index (κ1) is 7.35. The summed E-state index contributed by atoms with van der Waals surface area (Å²) in [7, 11) is 0. The summed E-state index contributed by atoms with van der Waals surface area (Å²) < 4.78 is 0. The number of hydrogen-bond donors (Lipinski definition) is 1. The molecule has 62 valence electrons. The smallest absolute Gasteiger partial charge is 0.0783 e. The first-order valence-electron chi connectivity index (χ1n) is 4.41. The zero-order chi connectivity index (χ0) is 8.22. The van der Waals surface area contributed by atoms with Gasteiger partial charge in [-0.1, -0.05) is 20.4 Å². The lowest BCUT2D eigenvalue weighted by molar-refractivity contribution is 0.156. The molecule has 2 aliphatic carbocycles. The summed E-state index contributed by atoms with van der Waals surface area (Å²) in [6.07, 6.45) is 2.07. The molecule has 2 aliphatic rings. The minimum atomic E-state index is -0.205. The molecule has 2 saturated carbocycles. The van der Waals surface area contributed by atoms with Gasteiger partial charge in [0.05, 0.1) is 6.10 Å². The monoisotopic (exact) mass is 152 g/mol. The van der Waals surface area contributed by atoms with Crippen molar-refractivity contribution in [2.24, 2.45) is 17.3 Å². The predicted molar refractivity (Wildman–Crippen MR) is 45.1 cm³/mol. The van der Waals surface area contributed by atoms with Gasteiger partial charge in [-0.25, -0.2) is 0 Å². The van der Waals surface area contributed by atoms with E-state index in [4.69, 9.17) is 0 Å². The predicted octanol–water partition coefficient (Wildman–Crippen LogP) is 1.97. The van der Waals surface area contributed by atoms with Gasteiger partial charge in [0, 0.05) is 0 Å². The highest BCUT2D eigenvalue weighted by atomic mass is 16.3. The minimum Gasteiger partial charge on any atom is -0.388 e. The molecule has 0 saturated heterocycles. The number of aliphatic hydroxyl groups is 1. The van der Waals surface area contributed by atoms with Gasteiger partial charge in [0.25, 0.3) is 0 Å². The topological polar surface area (TPSA) is 20.2 Å². The maximum atomic E-state index is 9.72. The van der Waals surface area contributed by atoms with Crippen LogP contribution in [0.25, 0.3) is 0 Å². The number of aliphatic hydroxyl groups excluding tert-OH is 1. The van der Waals surface area contributed by atoms with Crippen molar-refractivity contribution in [3.05, 3.63) is 12.2 Å². The van der Waals surface area contributed by atoms with Gasteiger partial charge in [0.1, 0.15) is 0 Å². The van der Waals surface area contributed by atoms with E-state index in [1.165, 1.54) is 6.42 Å². The Morgan fingerprint density at radius 1 is 1.55 bits per heavy atom. The van der Waals surface area contributed by atoms with E-state index in [1.54, 1.807) is 0 Å². The van der Waals surface area contributed by atoms with Gasteiger partial charge in [-0.2, -0.15) is 0 Å². The summed E-state index contributed by atoms with van der Waals surface area (Å²) in [5.74, 6) is 1.28. The van der Waals surface area contributed by atoms with E-state index in [9.17, 15) is 5.11 Å². The van der Waals surface area contributed by atoms with E-state index >= 15 is 0 Å². The van der Waals surface area contributed by atoms with Gasteiger partial charge in [0.15, 0.2) is 0 Å². The molecular weight excluding hydrogens is 136 g/mol. The highest BCUT2D eigenvalue weighted by Crippen LogP contribution is 2.65. The lowest BCUT2D eigenvalue weighted by Gasteiger charge is -2.18. The van der Waals surface area contributed by atoms with Crippen molar-refractivity contribution >= 4 is 0 Å². The van der Waals surface area contributed by atoms with Crippen LogP contribution in [-0.2, 0) is 0 Å². The second kappa shape index (κ2) is 1.89. The van der Waals surface area contributed by atoms with E-state index in [2.05, 4.69) is 20.4 Å². The molecule has 0 aliphatic heterocycles. The molecule has 0 radical (unpaired) electrons. The summed E-state index contributed by atoms with van der Waals surface area (Å²) in [4.78, 5) is 0. The Labute approximate surface area is 68.1 Å². The van der Waals surface area contributed by atoms with Crippen LogP contribution >= 0.6 is 0 Å². The Balaban J connectivity index is 2.18. The Kier molecular flexibility index (Phi) is 1.26. The molecule has 1 heteroatoms. The van der Waals surface area contributed by atoms with Gasteiger partial charge in [-0.15, -0.1) is 0 Å². The van der Waals surface area contributed by atoms with Crippen molar-refractivity contribution in [3.8, 4) is 0 Å². The Morgan fingerprint density at radius 2 is 2.18 bits per heavy atom. The van der Waals surface area contributed by atoms with Gasteiger partial charge in [-0.3, -0.25) is 0 Å². The lowest BCUT2D eigenvalue weighted by atomic mass is 9.93. The number of hydrogen-bond acceptors (Lipinski definition) is 1. The fourth-order valence-corrected chi connectivity index (χ4v) is 2.71. The molecule has 1 nitrogen and oxygen atoms in total. The SMILES string of the molecule is C=C1CCC2C(C1O)C2(C)C. The van der Waals surface area contributed by atoms with Crippen molar-refractivity contribution in [1.82, 2.24) is 0 Å². The standard InChI is InChI=1S/C10H16O/c1-6-4-5-7-8(9(6)11)10(7,2)3/h7-9,11H,1,4-5H2,2-3H3. The Hall–Kier alpha value is -0.300. The van der Waals surface area contributed by atoms with Crippen molar-refractivity contribution in [2.75, 3.05) is 0 Å². The Morgan fingerprint density at radius 3 is 2.73 bits per heavy atom. The van der Waals surface area contributed by atoms with Gasteiger partial charge in [0.2, 0.25) is 0 Å². The fourth-order valence-electron chi connectivity index (χ4n) is 2.71. The third-order valence-corrected chi connectivity index (χ3v) is 3.67. The zero-order valence-electron chi connectivity index (χ0n) is 7.30. The molecule has 11 heavy (non-hydrogen) atoms. The first-order valence-corrected chi connectivity index (χ1v) is 4.41. The molecule has 2 fully saturated rings. The number of rotatable bonds is 0. The van der Waals surface area contributed by atoms with Gasteiger partial charge in [-0.05, 0) is 35.7 Å². The van der Waals surface area contributed by atoms with Crippen molar-refractivity contribution in [2.45, 2.75) is 32.8 Å². The van der Waals surface area contributed by atoms with Crippen LogP contribution in [0.5, 0.6) is 0 Å². The van der Waals surface area contributed by atoms with E-state index in [1.807, 2.05) is 0 Å². The van der Waals surface area contributed by atoms with E-state index in [-0.39, 0.29) is 6.10 Å². The summed E-state index contributed by atoms with van der Waals surface area (Å²) in [5.41, 5.74) is 1.44. The summed E-state index contributed by atoms with van der Waals surface area (Å²) in [5, 5.41) is 9.72. The van der Waals surface area contributed by atoms with Crippen LogP contribution in [0.15, 0.2) is 12.2 Å². The third kappa shape index (κ3) is 0.807. The van der Waals surface area contributed by atoms with Crippen LogP contribution in [0.1, 0.15) is 26.7 Å². The maximum absolute atomic E-state index is 9.72. The van der Waals surface area contributed by atoms with Crippen LogP contribution in [-0.4, -0.2) is 11.2 Å².